The molecule has 0 saturated carbocycles. The molecule has 2 unspecified atom stereocenters. The van der Waals surface area contributed by atoms with Crippen molar-refractivity contribution in [3.63, 3.8) is 0 Å². The Labute approximate surface area is 283 Å². The third-order valence-corrected chi connectivity index (χ3v) is 9.24. The van der Waals surface area contributed by atoms with E-state index < -0.39 is 11.6 Å². The lowest BCUT2D eigenvalue weighted by Gasteiger charge is -2.29. The number of para-hydroxylation sites is 1. The predicted octanol–water partition coefficient (Wildman–Crippen LogP) is 10.9. The van der Waals surface area contributed by atoms with E-state index in [1.54, 1.807) is 11.8 Å². The van der Waals surface area contributed by atoms with Crippen molar-refractivity contribution in [3.8, 4) is 18.1 Å². The van der Waals surface area contributed by atoms with E-state index in [2.05, 4.69) is 73.4 Å². The molecule has 2 aromatic carbocycles. The SMILES string of the molecule is C#CCOC(C)(C)C.CC.CCCCC1CN(c2ccccc2)c2cc(SC)c(O/C=C/C(=O)OC(C)(C)CC)cc2SC1C. The number of carbonyl (C=O) groups is 1. The minimum Gasteiger partial charge on any atom is -0.464 e. The van der Waals surface area contributed by atoms with E-state index in [1.807, 2.05) is 67.2 Å². The Morgan fingerprint density at radius 1 is 1.13 bits per heavy atom. The molecule has 3 rings (SSSR count). The Morgan fingerprint density at radius 3 is 2.33 bits per heavy atom. The summed E-state index contributed by atoms with van der Waals surface area (Å²) in [6, 6.07) is 15.0. The number of thioether (sulfide) groups is 2. The van der Waals surface area contributed by atoms with Gasteiger partial charge in [0, 0.05) is 22.4 Å². The van der Waals surface area contributed by atoms with Gasteiger partial charge in [0.25, 0.3) is 0 Å². The number of hydrogen-bond acceptors (Lipinski definition) is 7. The molecule has 1 aliphatic rings. The lowest BCUT2D eigenvalue weighted by atomic mass is 9.97. The van der Waals surface area contributed by atoms with Crippen LogP contribution in [-0.4, -0.2) is 41.8 Å². The van der Waals surface area contributed by atoms with Crippen molar-refractivity contribution >= 4 is 40.9 Å². The average molecular weight is 656 g/mol. The minimum atomic E-state index is -0.488. The molecule has 45 heavy (non-hydrogen) atoms. The van der Waals surface area contributed by atoms with Gasteiger partial charge in [-0.2, -0.15) is 0 Å². The molecule has 0 amide bonds. The van der Waals surface area contributed by atoms with Gasteiger partial charge in [-0.05, 0) is 83.9 Å². The summed E-state index contributed by atoms with van der Waals surface area (Å²) in [5.74, 6) is 3.36. The van der Waals surface area contributed by atoms with E-state index in [9.17, 15) is 4.79 Å². The van der Waals surface area contributed by atoms with E-state index in [0.29, 0.717) is 17.8 Å². The maximum Gasteiger partial charge on any atom is 0.334 e. The van der Waals surface area contributed by atoms with Crippen LogP contribution in [0.2, 0.25) is 0 Å². The molecule has 0 aliphatic carbocycles. The molecule has 0 saturated heterocycles. The van der Waals surface area contributed by atoms with Crippen LogP contribution in [0.5, 0.6) is 5.75 Å². The van der Waals surface area contributed by atoms with Gasteiger partial charge in [-0.1, -0.05) is 71.6 Å². The van der Waals surface area contributed by atoms with Crippen molar-refractivity contribution < 1.29 is 19.0 Å². The summed E-state index contributed by atoms with van der Waals surface area (Å²) in [6.07, 6.45) is 14.3. The number of nitrogens with zero attached hydrogens (tertiary/aromatic N) is 1. The molecule has 250 valence electrons. The van der Waals surface area contributed by atoms with Crippen molar-refractivity contribution in [2.75, 3.05) is 24.3 Å². The molecule has 2 aromatic rings. The second-order valence-electron chi connectivity index (χ2n) is 12.2. The van der Waals surface area contributed by atoms with E-state index in [4.69, 9.17) is 20.6 Å². The predicted molar refractivity (Wildman–Crippen MR) is 196 cm³/mol. The fourth-order valence-corrected chi connectivity index (χ4v) is 6.13. The molecule has 0 aromatic heterocycles. The highest BCUT2D eigenvalue weighted by molar-refractivity contribution is 8.00. The highest BCUT2D eigenvalue weighted by Crippen LogP contribution is 2.47. The first kappa shape index (κ1) is 40.5. The molecule has 0 spiro atoms. The fraction of sp³-hybridized carbons (Fsp3) is 0.553. The van der Waals surface area contributed by atoms with E-state index in [1.165, 1.54) is 47.9 Å². The lowest BCUT2D eigenvalue weighted by molar-refractivity contribution is -0.150. The molecule has 0 fully saturated rings. The number of anilines is 2. The number of fused-ring (bicyclic) bond motifs is 1. The van der Waals surface area contributed by atoms with Crippen LogP contribution in [0.3, 0.4) is 0 Å². The van der Waals surface area contributed by atoms with Gasteiger partial charge in [-0.25, -0.2) is 4.79 Å². The molecule has 5 nitrogen and oxygen atoms in total. The summed E-state index contributed by atoms with van der Waals surface area (Å²) in [6.45, 7) is 21.8. The van der Waals surface area contributed by atoms with Gasteiger partial charge in [-0.15, -0.1) is 29.9 Å². The zero-order chi connectivity index (χ0) is 34.0. The third-order valence-electron chi connectivity index (χ3n) is 7.14. The Bertz CT molecular complexity index is 1210. The third kappa shape index (κ3) is 14.6. The van der Waals surface area contributed by atoms with Gasteiger partial charge < -0.3 is 19.1 Å². The van der Waals surface area contributed by atoms with Crippen LogP contribution in [0, 0.1) is 18.3 Å². The van der Waals surface area contributed by atoms with Gasteiger partial charge >= 0.3 is 5.97 Å². The molecule has 7 heteroatoms. The topological polar surface area (TPSA) is 48.0 Å². The maximum absolute atomic E-state index is 12.2. The van der Waals surface area contributed by atoms with Crippen molar-refractivity contribution in [2.24, 2.45) is 5.92 Å². The van der Waals surface area contributed by atoms with Crippen molar-refractivity contribution in [3.05, 3.63) is 54.8 Å². The lowest BCUT2D eigenvalue weighted by Crippen LogP contribution is -2.28. The van der Waals surface area contributed by atoms with Gasteiger partial charge in [0.15, 0.2) is 0 Å². The molecule has 1 aliphatic heterocycles. The van der Waals surface area contributed by atoms with Crippen LogP contribution in [0.15, 0.2) is 64.6 Å². The summed E-state index contributed by atoms with van der Waals surface area (Å²) < 4.78 is 16.6. The number of carbonyl (C=O) groups excluding carboxylic acids is 1. The van der Waals surface area contributed by atoms with Gasteiger partial charge in [-0.3, -0.25) is 0 Å². The fourth-order valence-electron chi connectivity index (χ4n) is 4.31. The van der Waals surface area contributed by atoms with Crippen molar-refractivity contribution in [1.82, 2.24) is 0 Å². The molecule has 2 atom stereocenters. The molecule has 0 N–H and O–H groups in total. The monoisotopic (exact) mass is 655 g/mol. The Morgan fingerprint density at radius 2 is 1.80 bits per heavy atom. The summed E-state index contributed by atoms with van der Waals surface area (Å²) >= 11 is 3.58. The first-order valence-corrected chi connectivity index (χ1v) is 18.3. The molecular weight excluding hydrogens is 599 g/mol. The quantitative estimate of drug-likeness (QED) is 0.0785. The Hall–Kier alpha value is -2.53. The zero-order valence-electron chi connectivity index (χ0n) is 29.6. The number of benzene rings is 2. The van der Waals surface area contributed by atoms with Crippen LogP contribution >= 0.6 is 23.5 Å². The van der Waals surface area contributed by atoms with Gasteiger partial charge in [0.1, 0.15) is 18.0 Å². The van der Waals surface area contributed by atoms with Crippen LogP contribution in [-0.2, 0) is 14.3 Å². The highest BCUT2D eigenvalue weighted by atomic mass is 32.2. The average Bonchev–Trinajstić information content (AvgIpc) is 3.14. The smallest absolute Gasteiger partial charge is 0.334 e. The normalized spacial score (nSPS) is 16.3. The van der Waals surface area contributed by atoms with E-state index in [0.717, 1.165) is 23.6 Å². The number of rotatable bonds is 11. The first-order valence-electron chi connectivity index (χ1n) is 16.2. The summed E-state index contributed by atoms with van der Waals surface area (Å²) in [7, 11) is 0. The summed E-state index contributed by atoms with van der Waals surface area (Å²) in [4.78, 5) is 16.9. The molecule has 0 radical (unpaired) electrons. The van der Waals surface area contributed by atoms with Crippen molar-refractivity contribution in [1.29, 1.82) is 0 Å². The largest absolute Gasteiger partial charge is 0.464 e. The number of ether oxygens (including phenoxy) is 3. The van der Waals surface area contributed by atoms with Crippen LogP contribution in [0.4, 0.5) is 11.4 Å². The number of unbranched alkanes of at least 4 members (excludes halogenated alkanes) is 1. The molecule has 1 heterocycles. The summed E-state index contributed by atoms with van der Waals surface area (Å²) in [5.41, 5.74) is 1.85. The van der Waals surface area contributed by atoms with Crippen LogP contribution < -0.4 is 9.64 Å². The second-order valence-corrected chi connectivity index (χ2v) is 14.5. The highest BCUT2D eigenvalue weighted by Gasteiger charge is 2.29. The Kier molecular flexibility index (Phi) is 18.5. The zero-order valence-corrected chi connectivity index (χ0v) is 31.2. The van der Waals surface area contributed by atoms with Gasteiger partial charge in [0.05, 0.1) is 28.5 Å². The standard InChI is InChI=1S/C29H39NO3S2.C7H12O.C2H6/c1-7-9-13-22-20-30(23-14-11-10-12-15-23)24-18-27(34-6)25(19-26(24)35-21(22)3)32-17-16-28(31)33-29(4,5)8-2;1-5-6-8-7(2,3)4;1-2/h10-12,14-19,21-22H,7-9,13,20H2,1-6H3;1H,6H2,2-4H3;1-2H3/b17-16+;;. The maximum atomic E-state index is 12.2. The van der Waals surface area contributed by atoms with E-state index >= 15 is 0 Å². The number of esters is 1. The van der Waals surface area contributed by atoms with Crippen LogP contribution in [0.1, 0.15) is 94.9 Å². The Balaban J connectivity index is 0.000000880. The second kappa shape index (κ2) is 20.6. The van der Waals surface area contributed by atoms with E-state index in [-0.39, 0.29) is 5.60 Å². The molecular formula is C38H57NO4S2. The van der Waals surface area contributed by atoms with Crippen LogP contribution in [0.25, 0.3) is 0 Å². The van der Waals surface area contributed by atoms with Gasteiger partial charge in [0.2, 0.25) is 0 Å². The van der Waals surface area contributed by atoms with Crippen molar-refractivity contribution in [2.45, 2.75) is 121 Å². The molecule has 0 bridgehead atoms. The number of terminal acetylenes is 1. The summed E-state index contributed by atoms with van der Waals surface area (Å²) in [5, 5.41) is 0.490. The number of hydrogen-bond donors (Lipinski definition) is 0. The first-order chi connectivity index (χ1) is 21.3. The minimum absolute atomic E-state index is 0.0909.